The maximum absolute atomic E-state index is 10.5. The van der Waals surface area contributed by atoms with Crippen molar-refractivity contribution in [3.8, 4) is 0 Å². The number of ether oxygens (including phenoxy) is 1. The molecule has 0 unspecified atom stereocenters. The van der Waals surface area contributed by atoms with Crippen LogP contribution in [0.25, 0.3) is 0 Å². The van der Waals surface area contributed by atoms with Crippen molar-refractivity contribution in [1.82, 2.24) is 0 Å². The number of rotatable bonds is 5. The highest BCUT2D eigenvalue weighted by Crippen LogP contribution is 1.81. The van der Waals surface area contributed by atoms with Crippen LogP contribution in [-0.4, -0.2) is 33.2 Å². The van der Waals surface area contributed by atoms with Gasteiger partial charge in [-0.25, -0.2) is 4.79 Å². The fourth-order valence-electron chi connectivity index (χ4n) is 0.657. The highest BCUT2D eigenvalue weighted by molar-refractivity contribution is 5.81. The number of quaternary nitrogens is 1. The quantitative estimate of drug-likeness (QED) is 0.324. The molecule has 0 bridgehead atoms. The Morgan fingerprint density at radius 3 is 2.73 bits per heavy atom. The molecule has 0 aromatic carbocycles. The minimum atomic E-state index is -0.334. The second-order valence-corrected chi connectivity index (χ2v) is 2.68. The van der Waals surface area contributed by atoms with E-state index in [1.54, 1.807) is 0 Å². The molecule has 0 fully saturated rings. The van der Waals surface area contributed by atoms with Crippen molar-refractivity contribution in [2.24, 2.45) is 0 Å². The van der Waals surface area contributed by atoms with Gasteiger partial charge >= 0.3 is 5.97 Å². The molecule has 3 heteroatoms. The van der Waals surface area contributed by atoms with Gasteiger partial charge < -0.3 is 9.64 Å². The first-order valence-corrected chi connectivity index (χ1v) is 3.75. The largest absolute Gasteiger partial charge is 0.462 e. The third kappa shape index (κ3) is 7.06. The van der Waals surface area contributed by atoms with Gasteiger partial charge in [0, 0.05) is 12.5 Å². The Hall–Kier alpha value is -0.830. The minimum absolute atomic E-state index is 0.334. The summed E-state index contributed by atoms with van der Waals surface area (Å²) >= 11 is 0. The average molecular weight is 158 g/mol. The van der Waals surface area contributed by atoms with Crippen LogP contribution in [-0.2, 0) is 9.53 Å². The molecule has 1 N–H and O–H groups in total. The van der Waals surface area contributed by atoms with Crippen LogP contribution in [0.2, 0.25) is 0 Å². The molecule has 64 valence electrons. The number of nitrogens with one attached hydrogen (secondary N) is 1. The Morgan fingerprint density at radius 2 is 2.27 bits per heavy atom. The zero-order valence-corrected chi connectivity index (χ0v) is 7.22. The van der Waals surface area contributed by atoms with Crippen LogP contribution in [0, 0.1) is 0 Å². The van der Waals surface area contributed by atoms with E-state index in [9.17, 15) is 4.79 Å². The predicted octanol–water partition coefficient (Wildman–Crippen LogP) is -0.750. The van der Waals surface area contributed by atoms with Gasteiger partial charge in [-0.1, -0.05) is 6.58 Å². The van der Waals surface area contributed by atoms with Crippen LogP contribution in [0.15, 0.2) is 12.7 Å². The van der Waals surface area contributed by atoms with Crippen molar-refractivity contribution in [2.45, 2.75) is 6.42 Å². The van der Waals surface area contributed by atoms with Crippen LogP contribution >= 0.6 is 0 Å². The molecule has 0 rings (SSSR count). The fraction of sp³-hybridized carbons (Fsp3) is 0.625. The van der Waals surface area contributed by atoms with E-state index in [1.807, 2.05) is 0 Å². The van der Waals surface area contributed by atoms with Crippen molar-refractivity contribution >= 4 is 5.97 Å². The second-order valence-electron chi connectivity index (χ2n) is 2.68. The first-order valence-electron chi connectivity index (χ1n) is 3.75. The molecule has 0 heterocycles. The van der Waals surface area contributed by atoms with Crippen molar-refractivity contribution in [2.75, 3.05) is 27.2 Å². The first-order chi connectivity index (χ1) is 5.16. The third-order valence-corrected chi connectivity index (χ3v) is 1.23. The van der Waals surface area contributed by atoms with E-state index in [2.05, 4.69) is 20.7 Å². The van der Waals surface area contributed by atoms with Gasteiger partial charge in [0.05, 0.1) is 27.2 Å². The van der Waals surface area contributed by atoms with Gasteiger partial charge in [-0.15, -0.1) is 0 Å². The molecule has 0 radical (unpaired) electrons. The van der Waals surface area contributed by atoms with Gasteiger partial charge in [0.25, 0.3) is 0 Å². The molecule has 0 aromatic heterocycles. The van der Waals surface area contributed by atoms with E-state index in [0.29, 0.717) is 6.61 Å². The van der Waals surface area contributed by atoms with Crippen LogP contribution < -0.4 is 4.90 Å². The number of hydrogen-bond acceptors (Lipinski definition) is 2. The molecular weight excluding hydrogens is 142 g/mol. The topological polar surface area (TPSA) is 30.7 Å². The fourth-order valence-corrected chi connectivity index (χ4v) is 0.657. The molecule has 0 aliphatic carbocycles. The van der Waals surface area contributed by atoms with Gasteiger partial charge in [0.2, 0.25) is 0 Å². The van der Waals surface area contributed by atoms with E-state index in [4.69, 9.17) is 4.74 Å². The summed E-state index contributed by atoms with van der Waals surface area (Å²) in [6.07, 6.45) is 2.09. The van der Waals surface area contributed by atoms with Crippen LogP contribution in [0.3, 0.4) is 0 Å². The van der Waals surface area contributed by atoms with Gasteiger partial charge in [0.1, 0.15) is 0 Å². The zero-order chi connectivity index (χ0) is 8.69. The Labute approximate surface area is 67.6 Å². The Kier molecular flexibility index (Phi) is 5.47. The molecule has 0 amide bonds. The Morgan fingerprint density at radius 1 is 1.64 bits per heavy atom. The monoisotopic (exact) mass is 158 g/mol. The Bertz CT molecular complexity index is 132. The molecule has 3 nitrogen and oxygen atoms in total. The SMILES string of the molecule is C=CC(=O)OCCC[NH+](C)C. The zero-order valence-electron chi connectivity index (χ0n) is 7.22. The number of carbonyl (C=O) groups is 1. The molecule has 0 spiro atoms. The van der Waals surface area contributed by atoms with Crippen molar-refractivity contribution in [1.29, 1.82) is 0 Å². The molecule has 0 aliphatic heterocycles. The molecule has 11 heavy (non-hydrogen) atoms. The first kappa shape index (κ1) is 10.2. The maximum Gasteiger partial charge on any atom is 0.330 e. The lowest BCUT2D eigenvalue weighted by atomic mass is 10.4. The second kappa shape index (κ2) is 5.92. The number of hydrogen-bond donors (Lipinski definition) is 1. The molecule has 0 saturated carbocycles. The highest BCUT2D eigenvalue weighted by Gasteiger charge is 1.96. The van der Waals surface area contributed by atoms with E-state index in [1.165, 1.54) is 11.0 Å². The summed E-state index contributed by atoms with van der Waals surface area (Å²) < 4.78 is 4.77. The van der Waals surface area contributed by atoms with Crippen LogP contribution in [0.1, 0.15) is 6.42 Å². The summed E-state index contributed by atoms with van der Waals surface area (Å²) in [5.41, 5.74) is 0. The summed E-state index contributed by atoms with van der Waals surface area (Å²) in [7, 11) is 4.13. The minimum Gasteiger partial charge on any atom is -0.462 e. The normalized spacial score (nSPS) is 9.73. The van der Waals surface area contributed by atoms with Gasteiger partial charge in [-0.05, 0) is 0 Å². The summed E-state index contributed by atoms with van der Waals surface area (Å²) in [5.74, 6) is -0.334. The smallest absolute Gasteiger partial charge is 0.330 e. The lowest BCUT2D eigenvalue weighted by Gasteiger charge is -2.06. The summed E-state index contributed by atoms with van der Waals surface area (Å²) in [4.78, 5) is 11.9. The van der Waals surface area contributed by atoms with Gasteiger partial charge in [0.15, 0.2) is 0 Å². The van der Waals surface area contributed by atoms with E-state index in [0.717, 1.165) is 13.0 Å². The van der Waals surface area contributed by atoms with E-state index >= 15 is 0 Å². The maximum atomic E-state index is 10.5. The number of carbonyl (C=O) groups excluding carboxylic acids is 1. The molecule has 0 aromatic rings. The average Bonchev–Trinajstić information content (AvgIpc) is 1.97. The third-order valence-electron chi connectivity index (χ3n) is 1.23. The lowest BCUT2D eigenvalue weighted by molar-refractivity contribution is -0.858. The van der Waals surface area contributed by atoms with Crippen molar-refractivity contribution < 1.29 is 14.4 Å². The van der Waals surface area contributed by atoms with Crippen molar-refractivity contribution in [3.05, 3.63) is 12.7 Å². The van der Waals surface area contributed by atoms with E-state index < -0.39 is 0 Å². The predicted molar refractivity (Wildman–Crippen MR) is 43.5 cm³/mol. The molecular formula is C8H16NO2+. The van der Waals surface area contributed by atoms with Crippen molar-refractivity contribution in [3.63, 3.8) is 0 Å². The summed E-state index contributed by atoms with van der Waals surface area (Å²) in [5, 5.41) is 0. The lowest BCUT2D eigenvalue weighted by Crippen LogP contribution is -3.05. The van der Waals surface area contributed by atoms with Crippen LogP contribution in [0.4, 0.5) is 0 Å². The Balaban J connectivity index is 3.14. The van der Waals surface area contributed by atoms with E-state index in [-0.39, 0.29) is 5.97 Å². The standard InChI is InChI=1S/C8H15NO2/c1-4-8(10)11-7-5-6-9(2)3/h4H,1,5-7H2,2-3H3/p+1. The highest BCUT2D eigenvalue weighted by atomic mass is 16.5. The molecule has 0 aliphatic rings. The summed E-state index contributed by atoms with van der Waals surface area (Å²) in [6.45, 7) is 4.81. The van der Waals surface area contributed by atoms with Crippen LogP contribution in [0.5, 0.6) is 0 Å². The number of esters is 1. The van der Waals surface area contributed by atoms with Gasteiger partial charge in [-0.3, -0.25) is 0 Å². The summed E-state index contributed by atoms with van der Waals surface area (Å²) in [6, 6.07) is 0. The molecule has 0 atom stereocenters. The van der Waals surface area contributed by atoms with Gasteiger partial charge in [-0.2, -0.15) is 0 Å². The molecule has 0 saturated heterocycles.